The molecule has 0 unspecified atom stereocenters. The molecule has 4 heteroatoms. The maximum absolute atomic E-state index is 8.43. The zero-order valence-corrected chi connectivity index (χ0v) is 8.76. The zero-order valence-electron chi connectivity index (χ0n) is 8.76. The van der Waals surface area contributed by atoms with Gasteiger partial charge in [0.1, 0.15) is 0 Å². The fourth-order valence-electron chi connectivity index (χ4n) is 3.01. The lowest BCUT2D eigenvalue weighted by Crippen LogP contribution is -2.46. The van der Waals surface area contributed by atoms with Gasteiger partial charge in [-0.1, -0.05) is 5.11 Å². The molecule has 14 heavy (non-hydrogen) atoms. The molecule has 1 aliphatic heterocycles. The largest absolute Gasteiger partial charge is 0.303 e. The van der Waals surface area contributed by atoms with E-state index >= 15 is 0 Å². The van der Waals surface area contributed by atoms with E-state index < -0.39 is 0 Å². The van der Waals surface area contributed by atoms with Crippen LogP contribution in [0.1, 0.15) is 32.1 Å². The summed E-state index contributed by atoms with van der Waals surface area (Å²) >= 11 is 0. The molecule has 1 saturated carbocycles. The average molecular weight is 194 g/mol. The number of hydrogen-bond acceptors (Lipinski definition) is 2. The monoisotopic (exact) mass is 194 g/mol. The van der Waals surface area contributed by atoms with Gasteiger partial charge in [-0.15, -0.1) is 0 Å². The first-order valence-corrected chi connectivity index (χ1v) is 5.55. The molecule has 0 aromatic carbocycles. The predicted molar refractivity (Wildman–Crippen MR) is 55.9 cm³/mol. The van der Waals surface area contributed by atoms with E-state index in [0.29, 0.717) is 6.04 Å². The zero-order chi connectivity index (χ0) is 9.97. The molecular weight excluding hydrogens is 176 g/mol. The molecule has 4 nitrogen and oxygen atoms in total. The van der Waals surface area contributed by atoms with Gasteiger partial charge in [0, 0.05) is 17.0 Å². The van der Waals surface area contributed by atoms with Crippen LogP contribution in [0.25, 0.3) is 10.4 Å². The second-order valence-corrected chi connectivity index (χ2v) is 4.62. The van der Waals surface area contributed by atoms with Crippen LogP contribution in [0.2, 0.25) is 0 Å². The molecule has 3 atom stereocenters. The summed E-state index contributed by atoms with van der Waals surface area (Å²) in [7, 11) is 2.20. The highest BCUT2D eigenvalue weighted by atomic mass is 15.2. The van der Waals surface area contributed by atoms with Crippen LogP contribution in [0, 0.1) is 5.92 Å². The van der Waals surface area contributed by atoms with Crippen LogP contribution in [0.3, 0.4) is 0 Å². The van der Waals surface area contributed by atoms with Gasteiger partial charge in [0.15, 0.2) is 0 Å². The summed E-state index contributed by atoms with van der Waals surface area (Å²) < 4.78 is 0. The predicted octanol–water partition coefficient (Wildman–Crippen LogP) is 2.56. The number of fused-ring (bicyclic) bond motifs is 1. The summed E-state index contributed by atoms with van der Waals surface area (Å²) in [6.07, 6.45) is 6.13. The normalized spacial score (nSPS) is 38.5. The molecule has 0 bridgehead atoms. The molecule has 2 fully saturated rings. The minimum absolute atomic E-state index is 0.252. The second-order valence-electron chi connectivity index (χ2n) is 4.62. The third-order valence-corrected chi connectivity index (χ3v) is 3.80. The van der Waals surface area contributed by atoms with Gasteiger partial charge in [-0.25, -0.2) is 0 Å². The molecule has 0 radical (unpaired) electrons. The first kappa shape index (κ1) is 9.81. The summed E-state index contributed by atoms with van der Waals surface area (Å²) in [5, 5.41) is 3.86. The smallest absolute Gasteiger partial charge is 0.0389 e. The Balaban J connectivity index is 2.01. The van der Waals surface area contributed by atoms with Crippen LogP contribution in [0.15, 0.2) is 5.11 Å². The topological polar surface area (TPSA) is 52.0 Å². The lowest BCUT2D eigenvalue weighted by molar-refractivity contribution is 0.0762. The summed E-state index contributed by atoms with van der Waals surface area (Å²) in [4.78, 5) is 5.38. The Morgan fingerprint density at radius 3 is 3.00 bits per heavy atom. The molecule has 1 aliphatic carbocycles. The highest BCUT2D eigenvalue weighted by Gasteiger charge is 2.34. The first-order valence-electron chi connectivity index (χ1n) is 5.55. The molecule has 0 N–H and O–H groups in total. The summed E-state index contributed by atoms with van der Waals surface area (Å²) in [6, 6.07) is 0.926. The Hall–Kier alpha value is -0.730. The maximum Gasteiger partial charge on any atom is 0.0389 e. The van der Waals surface area contributed by atoms with Gasteiger partial charge in [0.25, 0.3) is 0 Å². The Bertz CT molecular complexity index is 247. The van der Waals surface area contributed by atoms with Crippen molar-refractivity contribution in [2.24, 2.45) is 11.0 Å². The number of nitrogens with zero attached hydrogens (tertiary/aromatic N) is 4. The number of likely N-dealkylation sites (tertiary alicyclic amines) is 1. The second kappa shape index (κ2) is 4.20. The van der Waals surface area contributed by atoms with E-state index in [-0.39, 0.29) is 6.04 Å². The lowest BCUT2D eigenvalue weighted by Gasteiger charge is -2.43. The number of rotatable bonds is 1. The van der Waals surface area contributed by atoms with Gasteiger partial charge in [0.05, 0.1) is 0 Å². The Kier molecular flexibility index (Phi) is 2.94. The molecule has 0 spiro atoms. The first-order chi connectivity index (χ1) is 6.81. The summed E-state index contributed by atoms with van der Waals surface area (Å²) in [6.45, 7) is 1.21. The van der Waals surface area contributed by atoms with Gasteiger partial charge in [-0.2, -0.15) is 0 Å². The van der Waals surface area contributed by atoms with E-state index in [1.807, 2.05) is 0 Å². The average Bonchev–Trinajstić information content (AvgIpc) is 2.20. The molecule has 0 amide bonds. The van der Waals surface area contributed by atoms with Crippen molar-refractivity contribution in [1.82, 2.24) is 4.90 Å². The summed E-state index contributed by atoms with van der Waals surface area (Å²) in [5.41, 5.74) is 8.43. The molecule has 2 aliphatic rings. The van der Waals surface area contributed by atoms with E-state index in [1.54, 1.807) is 0 Å². The standard InChI is InChI=1S/C10H18N4/c1-14-6-2-3-8-4-5-9(12-13-11)7-10(8)14/h8-10H,2-7H2,1H3/t8-,9+,10-/m0/s1. The Labute approximate surface area is 84.9 Å². The van der Waals surface area contributed by atoms with E-state index in [0.717, 1.165) is 18.8 Å². The summed E-state index contributed by atoms with van der Waals surface area (Å²) in [5.74, 6) is 0.860. The van der Waals surface area contributed by atoms with Crippen molar-refractivity contribution in [2.75, 3.05) is 13.6 Å². The van der Waals surface area contributed by atoms with E-state index in [4.69, 9.17) is 5.53 Å². The fraction of sp³-hybridized carbons (Fsp3) is 1.00. The minimum atomic E-state index is 0.252. The number of hydrogen-bond donors (Lipinski definition) is 0. The molecule has 2 rings (SSSR count). The van der Waals surface area contributed by atoms with Crippen LogP contribution in [0.5, 0.6) is 0 Å². The Morgan fingerprint density at radius 1 is 1.36 bits per heavy atom. The van der Waals surface area contributed by atoms with Crippen LogP contribution in [0.4, 0.5) is 0 Å². The van der Waals surface area contributed by atoms with Crippen molar-refractivity contribution in [2.45, 2.75) is 44.2 Å². The molecule has 1 saturated heterocycles. The van der Waals surface area contributed by atoms with Crippen LogP contribution >= 0.6 is 0 Å². The molecular formula is C10H18N4. The van der Waals surface area contributed by atoms with Gasteiger partial charge in [0.2, 0.25) is 0 Å². The lowest BCUT2D eigenvalue weighted by atomic mass is 9.77. The quantitative estimate of drug-likeness (QED) is 0.359. The fourth-order valence-corrected chi connectivity index (χ4v) is 3.01. The number of piperidine rings is 1. The third-order valence-electron chi connectivity index (χ3n) is 3.80. The van der Waals surface area contributed by atoms with Gasteiger partial charge >= 0.3 is 0 Å². The van der Waals surface area contributed by atoms with Gasteiger partial charge in [-0.3, -0.25) is 0 Å². The number of azide groups is 1. The highest BCUT2D eigenvalue weighted by molar-refractivity contribution is 4.91. The van der Waals surface area contributed by atoms with Crippen LogP contribution < -0.4 is 0 Å². The SMILES string of the molecule is CN1CCC[C@H]2CC[C@@H](N=[N+]=[N-])C[C@@H]21. The van der Waals surface area contributed by atoms with Crippen LogP contribution in [-0.4, -0.2) is 30.6 Å². The minimum Gasteiger partial charge on any atom is -0.303 e. The maximum atomic E-state index is 8.43. The van der Waals surface area contributed by atoms with Crippen molar-refractivity contribution >= 4 is 0 Å². The van der Waals surface area contributed by atoms with E-state index in [1.165, 1.54) is 25.8 Å². The van der Waals surface area contributed by atoms with Crippen LogP contribution in [-0.2, 0) is 0 Å². The van der Waals surface area contributed by atoms with Crippen molar-refractivity contribution in [3.05, 3.63) is 10.4 Å². The third kappa shape index (κ3) is 1.86. The molecule has 78 valence electrons. The van der Waals surface area contributed by atoms with E-state index in [9.17, 15) is 0 Å². The van der Waals surface area contributed by atoms with Crippen molar-refractivity contribution < 1.29 is 0 Å². The Morgan fingerprint density at radius 2 is 2.21 bits per heavy atom. The molecule has 0 aromatic rings. The van der Waals surface area contributed by atoms with Crippen molar-refractivity contribution in [3.63, 3.8) is 0 Å². The molecule has 1 heterocycles. The highest BCUT2D eigenvalue weighted by Crippen LogP contribution is 2.35. The molecule has 0 aromatic heterocycles. The van der Waals surface area contributed by atoms with Crippen molar-refractivity contribution in [3.8, 4) is 0 Å². The van der Waals surface area contributed by atoms with Crippen molar-refractivity contribution in [1.29, 1.82) is 0 Å². The van der Waals surface area contributed by atoms with Gasteiger partial charge < -0.3 is 4.90 Å². The van der Waals surface area contributed by atoms with Gasteiger partial charge in [-0.05, 0) is 57.1 Å². The van der Waals surface area contributed by atoms with E-state index in [2.05, 4.69) is 22.0 Å².